The SMILES string of the molecule is CN(C)Cc1csc(CN2C[C@@H](CN3CCN(C)CC3)[C@@H](CO)C2)c1. The number of nitrogens with zero attached hydrogens (tertiary/aromatic N) is 4. The Morgan fingerprint density at radius 1 is 1.12 bits per heavy atom. The number of aliphatic hydroxyl groups excluding tert-OH is 1. The molecule has 0 saturated carbocycles. The maximum atomic E-state index is 9.84. The van der Waals surface area contributed by atoms with Gasteiger partial charge in [-0.05, 0) is 50.0 Å². The fourth-order valence-corrected chi connectivity index (χ4v) is 5.04. The van der Waals surface area contributed by atoms with E-state index in [9.17, 15) is 5.11 Å². The number of hydrogen-bond acceptors (Lipinski definition) is 6. The number of likely N-dealkylation sites (tertiary alicyclic amines) is 1. The maximum absolute atomic E-state index is 9.84. The fraction of sp³-hybridized carbons (Fsp3) is 0.789. The van der Waals surface area contributed by atoms with Crippen LogP contribution in [0.1, 0.15) is 10.4 Å². The van der Waals surface area contributed by atoms with Crippen LogP contribution in [0.25, 0.3) is 0 Å². The van der Waals surface area contributed by atoms with E-state index in [0.29, 0.717) is 18.4 Å². The Labute approximate surface area is 156 Å². The number of hydrogen-bond donors (Lipinski definition) is 1. The molecule has 2 fully saturated rings. The van der Waals surface area contributed by atoms with Gasteiger partial charge in [-0.15, -0.1) is 11.3 Å². The molecule has 1 N–H and O–H groups in total. The van der Waals surface area contributed by atoms with Crippen molar-refractivity contribution >= 4 is 11.3 Å². The summed E-state index contributed by atoms with van der Waals surface area (Å²) in [5, 5.41) is 12.1. The standard InChI is InChI=1S/C19H34N4OS/c1-20(2)9-16-8-19(25-15-16)13-23-11-17(18(12-23)14-24)10-22-6-4-21(3)5-7-22/h8,15,17-18,24H,4-7,9-14H2,1-3H3/t17-,18-/m1/s1. The van der Waals surface area contributed by atoms with Gasteiger partial charge in [0, 0.05) is 70.4 Å². The van der Waals surface area contributed by atoms with Crippen LogP contribution in [0.15, 0.2) is 11.4 Å². The van der Waals surface area contributed by atoms with E-state index in [1.807, 2.05) is 11.3 Å². The Kier molecular flexibility index (Phi) is 6.88. The quantitative estimate of drug-likeness (QED) is 0.781. The summed E-state index contributed by atoms with van der Waals surface area (Å²) in [5.41, 5.74) is 1.41. The molecule has 3 rings (SSSR count). The highest BCUT2D eigenvalue weighted by Crippen LogP contribution is 2.27. The molecule has 0 aliphatic carbocycles. The summed E-state index contributed by atoms with van der Waals surface area (Å²) in [7, 11) is 6.44. The molecule has 0 amide bonds. The Balaban J connectivity index is 1.51. The summed E-state index contributed by atoms with van der Waals surface area (Å²) < 4.78 is 0. The van der Waals surface area contributed by atoms with Crippen molar-refractivity contribution in [3.8, 4) is 0 Å². The van der Waals surface area contributed by atoms with E-state index in [1.165, 1.54) is 36.6 Å². The van der Waals surface area contributed by atoms with Crippen molar-refractivity contribution in [2.24, 2.45) is 11.8 Å². The molecule has 25 heavy (non-hydrogen) atoms. The van der Waals surface area contributed by atoms with E-state index in [2.05, 4.69) is 52.2 Å². The van der Waals surface area contributed by atoms with Crippen molar-refractivity contribution in [1.82, 2.24) is 19.6 Å². The number of piperazine rings is 1. The van der Waals surface area contributed by atoms with Crippen LogP contribution >= 0.6 is 11.3 Å². The van der Waals surface area contributed by atoms with Crippen LogP contribution in [0.5, 0.6) is 0 Å². The molecular weight excluding hydrogens is 332 g/mol. The summed E-state index contributed by atoms with van der Waals surface area (Å²) in [6, 6.07) is 2.35. The van der Waals surface area contributed by atoms with Gasteiger partial charge >= 0.3 is 0 Å². The van der Waals surface area contributed by atoms with Crippen molar-refractivity contribution in [2.45, 2.75) is 13.1 Å². The minimum atomic E-state index is 0.325. The average Bonchev–Trinajstić information content (AvgIpc) is 3.16. The van der Waals surface area contributed by atoms with Crippen LogP contribution in [-0.4, -0.2) is 98.3 Å². The zero-order valence-electron chi connectivity index (χ0n) is 16.0. The zero-order valence-corrected chi connectivity index (χ0v) is 16.8. The van der Waals surface area contributed by atoms with Crippen LogP contribution in [0.3, 0.4) is 0 Å². The third-order valence-corrected chi connectivity index (χ3v) is 6.53. The van der Waals surface area contributed by atoms with Crippen LogP contribution in [0.4, 0.5) is 0 Å². The molecule has 1 aromatic rings. The van der Waals surface area contributed by atoms with Gasteiger partial charge in [-0.3, -0.25) is 4.90 Å². The lowest BCUT2D eigenvalue weighted by Crippen LogP contribution is -2.47. The van der Waals surface area contributed by atoms with Crippen LogP contribution in [-0.2, 0) is 13.1 Å². The summed E-state index contributed by atoms with van der Waals surface area (Å²) in [5.74, 6) is 1.04. The molecule has 142 valence electrons. The number of likely N-dealkylation sites (N-methyl/N-ethyl adjacent to an activating group) is 1. The van der Waals surface area contributed by atoms with E-state index in [0.717, 1.165) is 32.7 Å². The predicted octanol–water partition coefficient (Wildman–Crippen LogP) is 1.10. The number of aliphatic hydroxyl groups is 1. The van der Waals surface area contributed by atoms with Gasteiger partial charge < -0.3 is 19.8 Å². The zero-order chi connectivity index (χ0) is 17.8. The van der Waals surface area contributed by atoms with Crippen molar-refractivity contribution in [1.29, 1.82) is 0 Å². The second-order valence-corrected chi connectivity index (χ2v) is 9.16. The lowest BCUT2D eigenvalue weighted by atomic mass is 9.96. The summed E-state index contributed by atoms with van der Waals surface area (Å²) in [6.45, 7) is 10.4. The average molecular weight is 367 g/mol. The molecule has 2 aliphatic heterocycles. The van der Waals surface area contributed by atoms with Gasteiger partial charge in [0.1, 0.15) is 0 Å². The van der Waals surface area contributed by atoms with E-state index in [1.54, 1.807) is 0 Å². The molecule has 2 saturated heterocycles. The molecule has 0 radical (unpaired) electrons. The fourth-order valence-electron chi connectivity index (χ4n) is 4.12. The van der Waals surface area contributed by atoms with Crippen molar-refractivity contribution in [3.63, 3.8) is 0 Å². The summed E-state index contributed by atoms with van der Waals surface area (Å²) in [4.78, 5) is 11.2. The highest BCUT2D eigenvalue weighted by molar-refractivity contribution is 7.10. The number of thiophene rings is 1. The van der Waals surface area contributed by atoms with Gasteiger partial charge in [0.2, 0.25) is 0 Å². The third-order valence-electron chi connectivity index (χ3n) is 5.56. The Morgan fingerprint density at radius 2 is 1.84 bits per heavy atom. The summed E-state index contributed by atoms with van der Waals surface area (Å²) >= 11 is 1.88. The predicted molar refractivity (Wildman–Crippen MR) is 105 cm³/mol. The molecule has 5 nitrogen and oxygen atoms in total. The topological polar surface area (TPSA) is 33.2 Å². The lowest BCUT2D eigenvalue weighted by molar-refractivity contribution is 0.116. The van der Waals surface area contributed by atoms with Gasteiger partial charge in [-0.1, -0.05) is 0 Å². The Morgan fingerprint density at radius 3 is 2.52 bits per heavy atom. The van der Waals surface area contributed by atoms with E-state index < -0.39 is 0 Å². The van der Waals surface area contributed by atoms with E-state index in [4.69, 9.17) is 0 Å². The molecule has 3 heterocycles. The molecule has 2 atom stereocenters. The van der Waals surface area contributed by atoms with E-state index in [-0.39, 0.29) is 0 Å². The van der Waals surface area contributed by atoms with Crippen molar-refractivity contribution in [3.05, 3.63) is 21.9 Å². The highest BCUT2D eigenvalue weighted by Gasteiger charge is 2.33. The normalized spacial score (nSPS) is 26.8. The van der Waals surface area contributed by atoms with Gasteiger partial charge in [0.05, 0.1) is 0 Å². The van der Waals surface area contributed by atoms with Gasteiger partial charge in [-0.2, -0.15) is 0 Å². The molecule has 0 spiro atoms. The smallest absolute Gasteiger partial charge is 0.0475 e. The second-order valence-electron chi connectivity index (χ2n) is 8.16. The third kappa shape index (κ3) is 5.49. The maximum Gasteiger partial charge on any atom is 0.0475 e. The first kappa shape index (κ1) is 19.3. The minimum Gasteiger partial charge on any atom is -0.396 e. The highest BCUT2D eigenvalue weighted by atomic mass is 32.1. The minimum absolute atomic E-state index is 0.325. The molecular formula is C19H34N4OS. The first-order valence-corrected chi connectivity index (χ1v) is 10.4. The first-order chi connectivity index (χ1) is 12.0. The summed E-state index contributed by atoms with van der Waals surface area (Å²) in [6.07, 6.45) is 0. The molecule has 0 bridgehead atoms. The molecule has 0 unspecified atom stereocenters. The largest absolute Gasteiger partial charge is 0.396 e. The molecule has 0 aromatic carbocycles. The monoisotopic (exact) mass is 366 g/mol. The lowest BCUT2D eigenvalue weighted by Gasteiger charge is -2.34. The second kappa shape index (κ2) is 8.93. The Bertz CT molecular complexity index is 527. The van der Waals surface area contributed by atoms with Crippen LogP contribution in [0.2, 0.25) is 0 Å². The van der Waals surface area contributed by atoms with E-state index >= 15 is 0 Å². The molecule has 6 heteroatoms. The Hall–Kier alpha value is -0.500. The first-order valence-electron chi connectivity index (χ1n) is 9.48. The van der Waals surface area contributed by atoms with Crippen LogP contribution in [0, 0.1) is 11.8 Å². The number of rotatable bonds is 7. The van der Waals surface area contributed by atoms with Gasteiger partial charge in [0.15, 0.2) is 0 Å². The van der Waals surface area contributed by atoms with Crippen molar-refractivity contribution in [2.75, 3.05) is 73.6 Å². The van der Waals surface area contributed by atoms with Crippen LogP contribution < -0.4 is 0 Å². The molecule has 1 aromatic heterocycles. The van der Waals surface area contributed by atoms with Crippen molar-refractivity contribution < 1.29 is 5.11 Å². The molecule has 2 aliphatic rings. The van der Waals surface area contributed by atoms with Gasteiger partial charge in [-0.25, -0.2) is 0 Å². The van der Waals surface area contributed by atoms with Gasteiger partial charge in [0.25, 0.3) is 0 Å².